The minimum atomic E-state index is -0.743. The monoisotopic (exact) mass is 473 g/mol. The van der Waals surface area contributed by atoms with Crippen molar-refractivity contribution in [2.24, 2.45) is 0 Å². The van der Waals surface area contributed by atoms with Crippen molar-refractivity contribution in [1.82, 2.24) is 15.3 Å². The molecule has 0 fully saturated rings. The molecule has 35 heavy (non-hydrogen) atoms. The highest BCUT2D eigenvalue weighted by atomic mass is 16.5. The highest BCUT2D eigenvalue weighted by Gasteiger charge is 2.24. The molecule has 7 nitrogen and oxygen atoms in total. The van der Waals surface area contributed by atoms with Gasteiger partial charge in [0.25, 0.3) is 0 Å². The van der Waals surface area contributed by atoms with Crippen molar-refractivity contribution in [2.45, 2.75) is 52.0 Å². The summed E-state index contributed by atoms with van der Waals surface area (Å²) in [4.78, 5) is 31.7. The minimum Gasteiger partial charge on any atom is -0.494 e. The Kier molecular flexibility index (Phi) is 7.87. The van der Waals surface area contributed by atoms with Gasteiger partial charge in [-0.2, -0.15) is 0 Å². The lowest BCUT2D eigenvalue weighted by Gasteiger charge is -2.11. The summed E-state index contributed by atoms with van der Waals surface area (Å²) in [7, 11) is 0. The van der Waals surface area contributed by atoms with Gasteiger partial charge in [0.15, 0.2) is 11.6 Å². The lowest BCUT2D eigenvalue weighted by atomic mass is 9.98. The molecule has 0 amide bonds. The van der Waals surface area contributed by atoms with E-state index >= 15 is 0 Å². The maximum Gasteiger partial charge on any atom is 0.303 e. The maximum atomic E-state index is 11.5. The zero-order valence-corrected chi connectivity index (χ0v) is 20.2. The van der Waals surface area contributed by atoms with E-state index in [9.17, 15) is 9.59 Å². The summed E-state index contributed by atoms with van der Waals surface area (Å²) in [6, 6.07) is 15.4. The Morgan fingerprint density at radius 3 is 2.66 bits per heavy atom. The first kappa shape index (κ1) is 24.5. The van der Waals surface area contributed by atoms with Gasteiger partial charge in [0.2, 0.25) is 0 Å². The number of hydrogen-bond acceptors (Lipinski definition) is 6. The fourth-order valence-electron chi connectivity index (χ4n) is 4.51. The Bertz CT molecular complexity index is 1210. The van der Waals surface area contributed by atoms with Crippen LogP contribution >= 0.6 is 0 Å². The van der Waals surface area contributed by atoms with Crippen LogP contribution in [-0.4, -0.2) is 40.0 Å². The molecule has 182 valence electrons. The number of nitrogens with zero attached hydrogens (tertiary/aromatic N) is 2. The molecule has 0 aliphatic heterocycles. The van der Waals surface area contributed by atoms with E-state index in [1.165, 1.54) is 5.56 Å². The van der Waals surface area contributed by atoms with Crippen molar-refractivity contribution in [3.63, 3.8) is 0 Å². The third-order valence-corrected chi connectivity index (χ3v) is 6.27. The fraction of sp³-hybridized carbons (Fsp3) is 0.357. The normalized spacial score (nSPS) is 14.5. The van der Waals surface area contributed by atoms with Crippen molar-refractivity contribution in [2.75, 3.05) is 13.2 Å². The van der Waals surface area contributed by atoms with Gasteiger partial charge in [-0.05, 0) is 74.9 Å². The molecule has 0 saturated carbocycles. The molecule has 0 radical (unpaired) electrons. The van der Waals surface area contributed by atoms with E-state index in [4.69, 9.17) is 9.84 Å². The van der Waals surface area contributed by atoms with Crippen LogP contribution in [0.3, 0.4) is 0 Å². The van der Waals surface area contributed by atoms with E-state index < -0.39 is 5.97 Å². The largest absolute Gasteiger partial charge is 0.494 e. The number of carboxylic acids is 1. The van der Waals surface area contributed by atoms with Crippen LogP contribution < -0.4 is 10.1 Å². The van der Waals surface area contributed by atoms with Gasteiger partial charge in [0.05, 0.1) is 18.7 Å². The van der Waals surface area contributed by atoms with Gasteiger partial charge < -0.3 is 15.2 Å². The second-order valence-corrected chi connectivity index (χ2v) is 9.03. The van der Waals surface area contributed by atoms with Gasteiger partial charge in [0.1, 0.15) is 5.75 Å². The number of aliphatic carboxylic acids is 1. The van der Waals surface area contributed by atoms with Crippen LogP contribution in [0.25, 0.3) is 11.4 Å². The quantitative estimate of drug-likeness (QED) is 0.307. The van der Waals surface area contributed by atoms with Crippen molar-refractivity contribution < 1.29 is 19.4 Å². The molecular weight excluding hydrogens is 442 g/mol. The van der Waals surface area contributed by atoms with Crippen LogP contribution in [0, 0.1) is 6.92 Å². The Balaban J connectivity index is 1.23. The van der Waals surface area contributed by atoms with Crippen molar-refractivity contribution in [3.05, 3.63) is 76.6 Å². The summed E-state index contributed by atoms with van der Waals surface area (Å²) in [6.45, 7) is 5.52. The molecule has 1 heterocycles. The third kappa shape index (κ3) is 6.51. The molecule has 1 atom stereocenters. The molecule has 4 rings (SSSR count). The molecule has 3 aromatic rings. The van der Waals surface area contributed by atoms with Crippen LogP contribution in [0.15, 0.2) is 48.5 Å². The summed E-state index contributed by atoms with van der Waals surface area (Å²) in [5, 5.41) is 12.5. The molecule has 2 N–H and O–H groups in total. The number of carbonyl (C=O) groups excluding carboxylic acids is 1. The summed E-state index contributed by atoms with van der Waals surface area (Å²) in [6.07, 6.45) is 2.84. The summed E-state index contributed by atoms with van der Waals surface area (Å²) in [5.74, 6) is 0.907. The van der Waals surface area contributed by atoms with E-state index in [-0.39, 0.29) is 18.1 Å². The average molecular weight is 474 g/mol. The van der Waals surface area contributed by atoms with E-state index in [0.717, 1.165) is 54.1 Å². The smallest absolute Gasteiger partial charge is 0.303 e. The number of Topliss-reactive ketones (excluding diaryl/α,β-unsaturated/α-hetero) is 1. The fourth-order valence-corrected chi connectivity index (χ4v) is 4.51. The van der Waals surface area contributed by atoms with Gasteiger partial charge in [-0.25, -0.2) is 9.97 Å². The number of benzene rings is 2. The molecule has 0 saturated heterocycles. The highest BCUT2D eigenvalue weighted by Crippen LogP contribution is 2.37. The van der Waals surface area contributed by atoms with Crippen LogP contribution in [0.5, 0.6) is 5.75 Å². The van der Waals surface area contributed by atoms with Crippen LogP contribution in [-0.2, 0) is 17.8 Å². The number of rotatable bonds is 11. The predicted molar refractivity (Wildman–Crippen MR) is 134 cm³/mol. The van der Waals surface area contributed by atoms with E-state index in [0.29, 0.717) is 24.5 Å². The Morgan fingerprint density at radius 1 is 1.11 bits per heavy atom. The number of carbonyl (C=O) groups is 2. The number of hydrogen-bond donors (Lipinski definition) is 2. The zero-order chi connectivity index (χ0) is 24.8. The van der Waals surface area contributed by atoms with Gasteiger partial charge >= 0.3 is 5.97 Å². The molecule has 0 unspecified atom stereocenters. The van der Waals surface area contributed by atoms with E-state index in [1.54, 1.807) is 19.1 Å². The van der Waals surface area contributed by atoms with Crippen LogP contribution in [0.2, 0.25) is 0 Å². The van der Waals surface area contributed by atoms with Gasteiger partial charge in [-0.1, -0.05) is 30.3 Å². The molecule has 1 aromatic heterocycles. The van der Waals surface area contributed by atoms with Crippen molar-refractivity contribution in [1.29, 1.82) is 0 Å². The van der Waals surface area contributed by atoms with Gasteiger partial charge in [0, 0.05) is 23.4 Å². The lowest BCUT2D eigenvalue weighted by Crippen LogP contribution is -2.18. The highest BCUT2D eigenvalue weighted by molar-refractivity contribution is 5.94. The molecule has 7 heteroatoms. The van der Waals surface area contributed by atoms with Crippen LogP contribution in [0.4, 0.5) is 0 Å². The van der Waals surface area contributed by atoms with Crippen molar-refractivity contribution >= 4 is 11.8 Å². The minimum absolute atomic E-state index is 0.0381. The van der Waals surface area contributed by atoms with E-state index in [2.05, 4.69) is 21.4 Å². The standard InChI is InChI=1S/C28H31N3O4/c1-18-14-24(31-28(30-18)21-6-4-20(5-7-21)19(2)32)17-29-12-3-13-35-25-10-11-26-22(15-25)8-9-23(26)16-27(33)34/h4-7,10-11,14-15,23,29H,3,8-9,12-13,16-17H2,1-2H3,(H,33,34)/t23-/m0/s1. The number of ether oxygens (including phenoxy) is 1. The molecular formula is C28H31N3O4. The predicted octanol–water partition coefficient (Wildman–Crippen LogP) is 4.72. The van der Waals surface area contributed by atoms with Gasteiger partial charge in [-0.15, -0.1) is 0 Å². The Morgan fingerprint density at radius 2 is 1.91 bits per heavy atom. The number of fused-ring (bicyclic) bond motifs is 1. The topological polar surface area (TPSA) is 101 Å². The SMILES string of the molecule is CC(=O)c1ccc(-c2nc(C)cc(CNCCCOc3ccc4c(c3)CC[C@H]4CC(=O)O)n2)cc1. The first-order valence-electron chi connectivity index (χ1n) is 12.0. The summed E-state index contributed by atoms with van der Waals surface area (Å²) in [5.41, 5.74) is 5.73. The number of aromatic nitrogens is 2. The second-order valence-electron chi connectivity index (χ2n) is 9.03. The lowest BCUT2D eigenvalue weighted by molar-refractivity contribution is -0.137. The molecule has 0 bridgehead atoms. The number of nitrogens with one attached hydrogen (secondary N) is 1. The Labute approximate surface area is 205 Å². The van der Waals surface area contributed by atoms with Crippen LogP contribution in [0.1, 0.15) is 65.0 Å². The number of ketones is 1. The van der Waals surface area contributed by atoms with Crippen molar-refractivity contribution in [3.8, 4) is 17.1 Å². The first-order chi connectivity index (χ1) is 16.9. The number of carboxylic acid groups (broad SMARTS) is 1. The number of aryl methyl sites for hydroxylation is 2. The second kappa shape index (κ2) is 11.2. The van der Waals surface area contributed by atoms with E-state index in [1.807, 2.05) is 37.3 Å². The zero-order valence-electron chi connectivity index (χ0n) is 20.2. The Hall–Kier alpha value is -3.58. The summed E-state index contributed by atoms with van der Waals surface area (Å²) < 4.78 is 5.92. The molecule has 1 aliphatic carbocycles. The first-order valence-corrected chi connectivity index (χ1v) is 12.0. The average Bonchev–Trinajstić information content (AvgIpc) is 3.22. The summed E-state index contributed by atoms with van der Waals surface area (Å²) >= 11 is 0. The third-order valence-electron chi connectivity index (χ3n) is 6.27. The molecule has 1 aliphatic rings. The maximum absolute atomic E-state index is 11.5. The molecule has 0 spiro atoms. The molecule has 2 aromatic carbocycles. The van der Waals surface area contributed by atoms with Gasteiger partial charge in [-0.3, -0.25) is 9.59 Å².